The molecule has 0 amide bonds. The maximum absolute atomic E-state index is 11.8. The SMILES string of the molecule is Cc1cc2cc(S(=O)(=O)O)c(N=Nc3ccccc3)c(O)c2c(C)c1C.N=Nc1ccc(N=Nc2ccc(N)cc2O)cc1. The summed E-state index contributed by atoms with van der Waals surface area (Å²) in [5.74, 6) is -0.341. The fraction of sp³-hybridized carbons (Fsp3) is 0.0968. The highest BCUT2D eigenvalue weighted by molar-refractivity contribution is 7.86. The molecule has 5 aromatic rings. The first kappa shape index (κ1) is 31.4. The Morgan fingerprint density at radius 2 is 1.34 bits per heavy atom. The average molecular weight is 612 g/mol. The van der Waals surface area contributed by atoms with E-state index in [4.69, 9.17) is 11.3 Å². The topological polar surface area (TPSA) is 207 Å². The summed E-state index contributed by atoms with van der Waals surface area (Å²) in [6, 6.07) is 23.1. The molecule has 0 fully saturated rings. The molecule has 224 valence electrons. The summed E-state index contributed by atoms with van der Waals surface area (Å²) >= 11 is 0. The minimum Gasteiger partial charge on any atom is -0.506 e. The van der Waals surface area contributed by atoms with E-state index in [1.807, 2.05) is 26.8 Å². The van der Waals surface area contributed by atoms with Crippen molar-refractivity contribution in [1.29, 1.82) is 5.53 Å². The number of benzene rings is 5. The summed E-state index contributed by atoms with van der Waals surface area (Å²) < 4.78 is 33.3. The number of fused-ring (bicyclic) bond motifs is 1. The second-order valence-corrected chi connectivity index (χ2v) is 11.1. The third-order valence-electron chi connectivity index (χ3n) is 6.72. The van der Waals surface area contributed by atoms with Crippen molar-refractivity contribution in [2.45, 2.75) is 25.7 Å². The number of phenolic OH excluding ortho intramolecular Hbond substituents is 2. The van der Waals surface area contributed by atoms with E-state index >= 15 is 0 Å². The molecule has 6 N–H and O–H groups in total. The van der Waals surface area contributed by atoms with Gasteiger partial charge in [-0.2, -0.15) is 23.8 Å². The van der Waals surface area contributed by atoms with Crippen LogP contribution in [0.3, 0.4) is 0 Å². The number of nitrogens with two attached hydrogens (primary N) is 1. The molecule has 0 aliphatic rings. The van der Waals surface area contributed by atoms with Crippen LogP contribution in [0.5, 0.6) is 11.5 Å². The largest absolute Gasteiger partial charge is 0.506 e. The molecule has 0 unspecified atom stereocenters. The number of rotatable bonds is 6. The lowest BCUT2D eigenvalue weighted by Crippen LogP contribution is -2.00. The van der Waals surface area contributed by atoms with Gasteiger partial charge in [0.1, 0.15) is 22.0 Å². The lowest BCUT2D eigenvalue weighted by atomic mass is 9.95. The van der Waals surface area contributed by atoms with Crippen molar-refractivity contribution in [3.8, 4) is 11.5 Å². The first-order valence-corrected chi connectivity index (χ1v) is 14.5. The predicted octanol–water partition coefficient (Wildman–Crippen LogP) is 9.19. The van der Waals surface area contributed by atoms with Gasteiger partial charge in [-0.25, -0.2) is 5.53 Å². The average Bonchev–Trinajstić information content (AvgIpc) is 2.99. The van der Waals surface area contributed by atoms with Crippen molar-refractivity contribution in [3.63, 3.8) is 0 Å². The molecule has 0 saturated heterocycles. The summed E-state index contributed by atoms with van der Waals surface area (Å²) in [6.07, 6.45) is 0. The van der Waals surface area contributed by atoms with Crippen LogP contribution in [0.25, 0.3) is 10.8 Å². The van der Waals surface area contributed by atoms with Gasteiger partial charge in [0.15, 0.2) is 5.75 Å². The summed E-state index contributed by atoms with van der Waals surface area (Å²) in [4.78, 5) is -0.482. The van der Waals surface area contributed by atoms with Gasteiger partial charge in [0.05, 0.1) is 17.1 Å². The first-order chi connectivity index (χ1) is 20.9. The molecular weight excluding hydrogens is 582 g/mol. The lowest BCUT2D eigenvalue weighted by Gasteiger charge is -2.14. The van der Waals surface area contributed by atoms with Crippen molar-refractivity contribution < 1.29 is 23.2 Å². The fourth-order valence-electron chi connectivity index (χ4n) is 4.21. The highest BCUT2D eigenvalue weighted by Crippen LogP contribution is 2.43. The Morgan fingerprint density at radius 3 is 1.95 bits per heavy atom. The smallest absolute Gasteiger partial charge is 0.296 e. The van der Waals surface area contributed by atoms with Gasteiger partial charge < -0.3 is 15.9 Å². The molecule has 12 nitrogen and oxygen atoms in total. The molecule has 0 spiro atoms. The van der Waals surface area contributed by atoms with E-state index < -0.39 is 15.0 Å². The molecule has 5 rings (SSSR count). The van der Waals surface area contributed by atoms with E-state index in [1.165, 1.54) is 12.1 Å². The van der Waals surface area contributed by atoms with Gasteiger partial charge >= 0.3 is 0 Å². The maximum atomic E-state index is 11.8. The molecule has 13 heteroatoms. The summed E-state index contributed by atoms with van der Waals surface area (Å²) in [5.41, 5.74) is 17.3. The van der Waals surface area contributed by atoms with E-state index in [1.54, 1.807) is 66.7 Å². The van der Waals surface area contributed by atoms with Crippen molar-refractivity contribution in [2.75, 3.05) is 5.73 Å². The number of anilines is 1. The van der Waals surface area contributed by atoms with Gasteiger partial charge in [-0.1, -0.05) is 24.3 Å². The number of phenols is 2. The molecule has 44 heavy (non-hydrogen) atoms. The zero-order chi connectivity index (χ0) is 32.0. The quantitative estimate of drug-likeness (QED) is 0.0717. The van der Waals surface area contributed by atoms with Gasteiger partial charge in [0.25, 0.3) is 10.1 Å². The standard InChI is InChI=1S/C19H18N2O4S.C12H11N5O/c1-11-9-14-10-16(26(23,24)25)18(19(22)17(14)13(3)12(11)2)21-20-15-7-5-4-6-8-15;13-8-1-6-11(12(18)7-8)17-16-10-4-2-9(15-14)3-5-10/h4-10,22H,1-3H3,(H,23,24,25);1-7,14,18H,13H2. The number of nitrogens with zero attached hydrogens (tertiary/aromatic N) is 5. The molecule has 0 bridgehead atoms. The number of nitrogens with one attached hydrogen (secondary N) is 1. The second kappa shape index (κ2) is 13.2. The van der Waals surface area contributed by atoms with Gasteiger partial charge in [-0.05, 0) is 97.4 Å². The number of nitrogen functional groups attached to an aromatic ring is 1. The van der Waals surface area contributed by atoms with Crippen molar-refractivity contribution in [1.82, 2.24) is 0 Å². The molecule has 0 heterocycles. The molecule has 0 saturated carbocycles. The molecule has 0 aliphatic carbocycles. The van der Waals surface area contributed by atoms with Crippen LogP contribution in [0.2, 0.25) is 0 Å². The number of hydrogen-bond donors (Lipinski definition) is 5. The molecule has 5 aromatic carbocycles. The van der Waals surface area contributed by atoms with E-state index in [-0.39, 0.29) is 17.2 Å². The molecular formula is C31H29N7O5S. The fourth-order valence-corrected chi connectivity index (χ4v) is 4.87. The van der Waals surface area contributed by atoms with Crippen molar-refractivity contribution in [2.24, 2.45) is 25.6 Å². The van der Waals surface area contributed by atoms with Crippen LogP contribution >= 0.6 is 0 Å². The van der Waals surface area contributed by atoms with Crippen LogP contribution in [0, 0.1) is 26.3 Å². The highest BCUT2D eigenvalue weighted by Gasteiger charge is 2.23. The normalized spacial score (nSPS) is 11.5. The Hall–Kier alpha value is -5.53. The van der Waals surface area contributed by atoms with E-state index in [0.29, 0.717) is 39.2 Å². The van der Waals surface area contributed by atoms with Crippen LogP contribution in [0.15, 0.2) is 115 Å². The molecule has 0 radical (unpaired) electrons. The minimum absolute atomic E-state index is 0.0171. The molecule has 0 aliphatic heterocycles. The minimum atomic E-state index is -4.60. The zero-order valence-electron chi connectivity index (χ0n) is 24.0. The lowest BCUT2D eigenvalue weighted by molar-refractivity contribution is 0.472. The van der Waals surface area contributed by atoms with Crippen molar-refractivity contribution >= 4 is 55.0 Å². The van der Waals surface area contributed by atoms with E-state index in [0.717, 1.165) is 16.7 Å². The Labute approximate surface area is 253 Å². The summed E-state index contributed by atoms with van der Waals surface area (Å²) in [6.45, 7) is 5.66. The first-order valence-electron chi connectivity index (χ1n) is 13.1. The number of hydrogen-bond acceptors (Lipinski definition) is 11. The van der Waals surface area contributed by atoms with Crippen LogP contribution in [0.4, 0.5) is 34.1 Å². The monoisotopic (exact) mass is 611 g/mol. The predicted molar refractivity (Wildman–Crippen MR) is 168 cm³/mol. The van der Waals surface area contributed by atoms with Gasteiger partial charge in [0, 0.05) is 17.1 Å². The number of aromatic hydroxyl groups is 2. The second-order valence-electron chi connectivity index (χ2n) is 9.70. The Morgan fingerprint density at radius 1 is 0.727 bits per heavy atom. The Bertz CT molecular complexity index is 2010. The third kappa shape index (κ3) is 7.27. The van der Waals surface area contributed by atoms with Crippen LogP contribution in [-0.4, -0.2) is 23.2 Å². The van der Waals surface area contributed by atoms with E-state index in [2.05, 4.69) is 25.6 Å². The molecule has 0 aromatic heterocycles. The highest BCUT2D eigenvalue weighted by atomic mass is 32.2. The van der Waals surface area contributed by atoms with Crippen LogP contribution < -0.4 is 5.73 Å². The van der Waals surface area contributed by atoms with Gasteiger partial charge in [-0.15, -0.1) is 10.2 Å². The zero-order valence-corrected chi connectivity index (χ0v) is 24.8. The summed E-state index contributed by atoms with van der Waals surface area (Å²) in [7, 11) is -4.60. The summed E-state index contributed by atoms with van der Waals surface area (Å²) in [5, 5.41) is 40.4. The van der Waals surface area contributed by atoms with Gasteiger partial charge in [0.2, 0.25) is 0 Å². The van der Waals surface area contributed by atoms with Crippen LogP contribution in [-0.2, 0) is 10.1 Å². The molecule has 0 atom stereocenters. The van der Waals surface area contributed by atoms with Gasteiger partial charge in [-0.3, -0.25) is 4.55 Å². The Kier molecular flexibility index (Phi) is 9.41. The Balaban J connectivity index is 0.000000215. The van der Waals surface area contributed by atoms with Crippen molar-refractivity contribution in [3.05, 3.63) is 102 Å². The number of aryl methyl sites for hydroxylation is 2. The third-order valence-corrected chi connectivity index (χ3v) is 7.59. The number of azo groups is 2. The van der Waals surface area contributed by atoms with Crippen LogP contribution in [0.1, 0.15) is 16.7 Å². The van der Waals surface area contributed by atoms with E-state index in [9.17, 15) is 23.2 Å². The maximum Gasteiger partial charge on any atom is 0.296 e.